The van der Waals surface area contributed by atoms with Gasteiger partial charge in [-0.3, -0.25) is 0 Å². The highest BCUT2D eigenvalue weighted by Gasteiger charge is 2.35. The van der Waals surface area contributed by atoms with E-state index in [0.29, 0.717) is 13.1 Å². The third kappa shape index (κ3) is 1.68. The number of aromatic nitrogens is 1. The molecule has 0 radical (unpaired) electrons. The van der Waals surface area contributed by atoms with Crippen molar-refractivity contribution in [2.75, 3.05) is 24.2 Å². The van der Waals surface area contributed by atoms with Crippen molar-refractivity contribution in [1.82, 2.24) is 4.98 Å². The van der Waals surface area contributed by atoms with Gasteiger partial charge in [0.1, 0.15) is 0 Å². The molecule has 1 aromatic rings. The highest BCUT2D eigenvalue weighted by molar-refractivity contribution is 7.91. The second-order valence-corrected chi connectivity index (χ2v) is 6.37. The van der Waals surface area contributed by atoms with Crippen LogP contribution in [0.25, 0.3) is 0 Å². The molecule has 4 nitrogen and oxygen atoms in total. The molecule has 1 aliphatic heterocycles. The summed E-state index contributed by atoms with van der Waals surface area (Å²) in [5.41, 5.74) is 0. The Bertz CT molecular complexity index is 379. The fraction of sp³-hybridized carbons (Fsp3) is 0.571. The van der Waals surface area contributed by atoms with Crippen LogP contribution in [0.4, 0.5) is 5.13 Å². The Morgan fingerprint density at radius 1 is 1.62 bits per heavy atom. The van der Waals surface area contributed by atoms with Gasteiger partial charge in [0.15, 0.2) is 15.0 Å². The standard InChI is InChI=1S/C7H10N2O2S2/c1-13(10,11)6-4-9(5-6)7-8-2-3-12-7/h2-3,6H,4-5H2,1H3. The molecule has 1 aromatic heterocycles. The topological polar surface area (TPSA) is 50.3 Å². The van der Waals surface area contributed by atoms with E-state index in [9.17, 15) is 8.42 Å². The SMILES string of the molecule is CS(=O)(=O)C1CN(c2nccs2)C1. The maximum Gasteiger partial charge on any atom is 0.185 e. The maximum atomic E-state index is 11.1. The molecule has 0 aliphatic carbocycles. The highest BCUT2D eigenvalue weighted by Crippen LogP contribution is 2.25. The maximum absolute atomic E-state index is 11.1. The van der Waals surface area contributed by atoms with Crippen LogP contribution in [-0.4, -0.2) is 38.0 Å². The number of hydrogen-bond acceptors (Lipinski definition) is 5. The van der Waals surface area contributed by atoms with Gasteiger partial charge in [0, 0.05) is 30.9 Å². The van der Waals surface area contributed by atoms with Crippen molar-refractivity contribution in [3.8, 4) is 0 Å². The zero-order valence-electron chi connectivity index (χ0n) is 7.17. The van der Waals surface area contributed by atoms with Crippen molar-refractivity contribution >= 4 is 26.3 Å². The number of hydrogen-bond donors (Lipinski definition) is 0. The molecule has 0 atom stereocenters. The first-order valence-corrected chi connectivity index (χ1v) is 6.74. The smallest absolute Gasteiger partial charge is 0.185 e. The van der Waals surface area contributed by atoms with E-state index < -0.39 is 9.84 Å². The monoisotopic (exact) mass is 218 g/mol. The summed E-state index contributed by atoms with van der Waals surface area (Å²) in [5, 5.41) is 2.61. The molecule has 2 rings (SSSR count). The van der Waals surface area contributed by atoms with Crippen LogP contribution in [0.15, 0.2) is 11.6 Å². The normalized spacial score (nSPS) is 18.7. The van der Waals surface area contributed by atoms with Gasteiger partial charge in [0.25, 0.3) is 0 Å². The second-order valence-electron chi connectivity index (χ2n) is 3.17. The Hall–Kier alpha value is -0.620. The van der Waals surface area contributed by atoms with Gasteiger partial charge in [0.2, 0.25) is 0 Å². The Labute approximate surface area is 81.1 Å². The third-order valence-corrected chi connectivity index (χ3v) is 4.48. The van der Waals surface area contributed by atoms with Crippen molar-refractivity contribution < 1.29 is 8.42 Å². The average molecular weight is 218 g/mol. The largest absolute Gasteiger partial charge is 0.345 e. The summed E-state index contributed by atoms with van der Waals surface area (Å²) in [6.07, 6.45) is 3.02. The van der Waals surface area contributed by atoms with Crippen molar-refractivity contribution in [3.05, 3.63) is 11.6 Å². The first-order valence-electron chi connectivity index (χ1n) is 3.90. The number of sulfone groups is 1. The molecule has 72 valence electrons. The summed E-state index contributed by atoms with van der Waals surface area (Å²) >= 11 is 1.54. The summed E-state index contributed by atoms with van der Waals surface area (Å²) in [7, 11) is -2.85. The zero-order chi connectivity index (χ0) is 9.47. The van der Waals surface area contributed by atoms with E-state index in [-0.39, 0.29) is 5.25 Å². The number of thiazole rings is 1. The lowest BCUT2D eigenvalue weighted by atomic mass is 10.2. The number of anilines is 1. The van der Waals surface area contributed by atoms with Crippen LogP contribution in [0.3, 0.4) is 0 Å². The lowest BCUT2D eigenvalue weighted by molar-refractivity contribution is 0.546. The molecular weight excluding hydrogens is 208 g/mol. The van der Waals surface area contributed by atoms with Crippen LogP contribution >= 0.6 is 11.3 Å². The van der Waals surface area contributed by atoms with E-state index in [4.69, 9.17) is 0 Å². The van der Waals surface area contributed by atoms with Crippen molar-refractivity contribution in [1.29, 1.82) is 0 Å². The summed E-state index contributed by atoms with van der Waals surface area (Å²) < 4.78 is 22.2. The highest BCUT2D eigenvalue weighted by atomic mass is 32.2. The molecule has 0 unspecified atom stereocenters. The molecule has 0 N–H and O–H groups in total. The molecule has 0 spiro atoms. The van der Waals surface area contributed by atoms with Gasteiger partial charge < -0.3 is 4.90 Å². The van der Waals surface area contributed by atoms with Gasteiger partial charge in [0.05, 0.1) is 5.25 Å². The van der Waals surface area contributed by atoms with E-state index in [0.717, 1.165) is 5.13 Å². The Balaban J connectivity index is 2.00. The molecule has 0 amide bonds. The lowest BCUT2D eigenvalue weighted by Crippen LogP contribution is -2.54. The van der Waals surface area contributed by atoms with Gasteiger partial charge in [-0.15, -0.1) is 11.3 Å². The van der Waals surface area contributed by atoms with Crippen LogP contribution in [0, 0.1) is 0 Å². The predicted octanol–water partition coefficient (Wildman–Crippen LogP) is 0.376. The lowest BCUT2D eigenvalue weighted by Gasteiger charge is -2.37. The van der Waals surface area contributed by atoms with Gasteiger partial charge in [-0.05, 0) is 0 Å². The van der Waals surface area contributed by atoms with Crippen LogP contribution in [0.2, 0.25) is 0 Å². The summed E-state index contributed by atoms with van der Waals surface area (Å²) in [4.78, 5) is 6.09. The average Bonchev–Trinajstić information content (AvgIpc) is 2.31. The first kappa shape index (κ1) is 8.96. The quantitative estimate of drug-likeness (QED) is 0.720. The van der Waals surface area contributed by atoms with Crippen molar-refractivity contribution in [2.24, 2.45) is 0 Å². The number of rotatable bonds is 2. The van der Waals surface area contributed by atoms with E-state index >= 15 is 0 Å². The second kappa shape index (κ2) is 2.95. The Morgan fingerprint density at radius 2 is 2.31 bits per heavy atom. The summed E-state index contributed by atoms with van der Waals surface area (Å²) in [6, 6.07) is 0. The molecule has 0 saturated carbocycles. The van der Waals surface area contributed by atoms with Crippen molar-refractivity contribution in [3.63, 3.8) is 0 Å². The van der Waals surface area contributed by atoms with E-state index in [1.54, 1.807) is 6.20 Å². The third-order valence-electron chi connectivity index (χ3n) is 2.14. The molecular formula is C7H10N2O2S2. The summed E-state index contributed by atoms with van der Waals surface area (Å²) in [6.45, 7) is 1.18. The Kier molecular flexibility index (Phi) is 2.03. The minimum atomic E-state index is -2.85. The van der Waals surface area contributed by atoms with Crippen molar-refractivity contribution in [2.45, 2.75) is 5.25 Å². The molecule has 2 heterocycles. The fourth-order valence-electron chi connectivity index (χ4n) is 1.24. The fourth-order valence-corrected chi connectivity index (χ4v) is 2.80. The molecule has 1 fully saturated rings. The predicted molar refractivity (Wildman–Crippen MR) is 53.0 cm³/mol. The molecule has 6 heteroatoms. The van der Waals surface area contributed by atoms with Crippen LogP contribution in [-0.2, 0) is 9.84 Å². The van der Waals surface area contributed by atoms with Gasteiger partial charge in [-0.25, -0.2) is 13.4 Å². The van der Waals surface area contributed by atoms with Crippen LogP contribution < -0.4 is 4.90 Å². The van der Waals surface area contributed by atoms with Crippen LogP contribution in [0.5, 0.6) is 0 Å². The molecule has 1 aliphatic rings. The van der Waals surface area contributed by atoms with Crippen LogP contribution in [0.1, 0.15) is 0 Å². The number of nitrogens with zero attached hydrogens (tertiary/aromatic N) is 2. The Morgan fingerprint density at radius 3 is 2.77 bits per heavy atom. The zero-order valence-corrected chi connectivity index (χ0v) is 8.81. The first-order chi connectivity index (χ1) is 6.07. The molecule has 0 bridgehead atoms. The van der Waals surface area contributed by atoms with E-state index in [2.05, 4.69) is 4.98 Å². The molecule has 1 saturated heterocycles. The molecule has 0 aromatic carbocycles. The van der Waals surface area contributed by atoms with Gasteiger partial charge >= 0.3 is 0 Å². The van der Waals surface area contributed by atoms with E-state index in [1.807, 2.05) is 10.3 Å². The summed E-state index contributed by atoms with van der Waals surface area (Å²) in [5.74, 6) is 0. The minimum absolute atomic E-state index is 0.198. The van der Waals surface area contributed by atoms with Gasteiger partial charge in [-0.1, -0.05) is 0 Å². The molecule has 13 heavy (non-hydrogen) atoms. The minimum Gasteiger partial charge on any atom is -0.345 e. The van der Waals surface area contributed by atoms with Gasteiger partial charge in [-0.2, -0.15) is 0 Å². The van der Waals surface area contributed by atoms with E-state index in [1.165, 1.54) is 17.6 Å².